The molecule has 3 N–H and O–H groups in total. The zero-order chi connectivity index (χ0) is 11.3. The third-order valence-electron chi connectivity index (χ3n) is 1.72. The number of benzene rings is 1. The Labute approximate surface area is 88.7 Å². The van der Waals surface area contributed by atoms with Crippen LogP contribution in [-0.4, -0.2) is 17.6 Å². The van der Waals surface area contributed by atoms with Gasteiger partial charge in [0.25, 0.3) is 0 Å². The molecule has 0 aliphatic heterocycles. The van der Waals surface area contributed by atoms with Gasteiger partial charge in [0.05, 0.1) is 0 Å². The summed E-state index contributed by atoms with van der Waals surface area (Å²) in [6, 6.07) is 7.03. The van der Waals surface area contributed by atoms with Crippen LogP contribution in [0, 0.1) is 0 Å². The summed E-state index contributed by atoms with van der Waals surface area (Å²) in [7, 11) is 0. The monoisotopic (exact) mass is 206 g/mol. The Bertz CT molecular complexity index is 386. The number of rotatable bonds is 4. The second-order valence-electron chi connectivity index (χ2n) is 3.26. The highest BCUT2D eigenvalue weighted by Gasteiger charge is 2.00. The Morgan fingerprint density at radius 1 is 1.60 bits per heavy atom. The van der Waals surface area contributed by atoms with E-state index in [1.54, 1.807) is 24.3 Å². The molecule has 0 aliphatic carbocycles. The van der Waals surface area contributed by atoms with Crippen molar-refractivity contribution in [3.05, 3.63) is 42.0 Å². The summed E-state index contributed by atoms with van der Waals surface area (Å²) in [6.45, 7) is 6.07. The van der Waals surface area contributed by atoms with Crippen molar-refractivity contribution in [2.24, 2.45) is 10.9 Å². The third kappa shape index (κ3) is 3.34. The van der Waals surface area contributed by atoms with Crippen molar-refractivity contribution in [1.82, 2.24) is 0 Å². The summed E-state index contributed by atoms with van der Waals surface area (Å²) in [5.74, 6) is 0.734. The number of ether oxygens (including phenoxy) is 1. The molecule has 0 unspecified atom stereocenters. The highest BCUT2D eigenvalue weighted by atomic mass is 16.5. The SMILES string of the molecule is C=C(C)COc1cccc(/C(N)=N\O)c1. The number of oxime groups is 1. The van der Waals surface area contributed by atoms with Gasteiger partial charge in [-0.3, -0.25) is 0 Å². The number of hydrogen-bond donors (Lipinski definition) is 2. The van der Waals surface area contributed by atoms with E-state index in [1.807, 2.05) is 6.92 Å². The van der Waals surface area contributed by atoms with Crippen LogP contribution in [0.2, 0.25) is 0 Å². The van der Waals surface area contributed by atoms with Gasteiger partial charge in [-0.2, -0.15) is 0 Å². The average Bonchev–Trinajstić information content (AvgIpc) is 2.25. The Morgan fingerprint density at radius 2 is 2.33 bits per heavy atom. The molecule has 0 saturated carbocycles. The van der Waals surface area contributed by atoms with Gasteiger partial charge in [0.2, 0.25) is 0 Å². The van der Waals surface area contributed by atoms with Crippen molar-refractivity contribution in [2.75, 3.05) is 6.61 Å². The fraction of sp³-hybridized carbons (Fsp3) is 0.182. The molecule has 0 radical (unpaired) electrons. The van der Waals surface area contributed by atoms with Crippen molar-refractivity contribution >= 4 is 5.84 Å². The van der Waals surface area contributed by atoms with Crippen LogP contribution < -0.4 is 10.5 Å². The fourth-order valence-electron chi connectivity index (χ4n) is 1.01. The van der Waals surface area contributed by atoms with Crippen LogP contribution >= 0.6 is 0 Å². The lowest BCUT2D eigenvalue weighted by atomic mass is 10.2. The van der Waals surface area contributed by atoms with Crippen molar-refractivity contribution in [3.8, 4) is 5.75 Å². The topological polar surface area (TPSA) is 67.8 Å². The van der Waals surface area contributed by atoms with E-state index in [-0.39, 0.29) is 5.84 Å². The normalized spacial score (nSPS) is 11.1. The number of amidine groups is 1. The first kappa shape index (κ1) is 11.1. The average molecular weight is 206 g/mol. The maximum atomic E-state index is 8.51. The molecule has 0 atom stereocenters. The Balaban J connectivity index is 2.79. The van der Waals surface area contributed by atoms with Gasteiger partial charge in [-0.05, 0) is 24.6 Å². The first-order valence-corrected chi connectivity index (χ1v) is 4.48. The molecule has 0 amide bonds. The van der Waals surface area contributed by atoms with Crippen molar-refractivity contribution in [3.63, 3.8) is 0 Å². The summed E-state index contributed by atoms with van der Waals surface area (Å²) < 4.78 is 5.41. The van der Waals surface area contributed by atoms with Gasteiger partial charge < -0.3 is 15.7 Å². The van der Waals surface area contributed by atoms with Crippen molar-refractivity contribution in [2.45, 2.75) is 6.92 Å². The molecule has 0 saturated heterocycles. The smallest absolute Gasteiger partial charge is 0.170 e. The molecule has 0 aliphatic rings. The molecule has 1 aromatic rings. The van der Waals surface area contributed by atoms with Gasteiger partial charge in [0.15, 0.2) is 5.84 Å². The summed E-state index contributed by atoms with van der Waals surface area (Å²) in [5, 5.41) is 11.4. The molecule has 0 bridgehead atoms. The molecule has 15 heavy (non-hydrogen) atoms. The number of nitrogens with two attached hydrogens (primary N) is 1. The molecule has 0 aromatic heterocycles. The summed E-state index contributed by atoms with van der Waals surface area (Å²) in [5.41, 5.74) is 7.00. The summed E-state index contributed by atoms with van der Waals surface area (Å²) in [4.78, 5) is 0. The molecule has 0 spiro atoms. The van der Waals surface area contributed by atoms with Crippen LogP contribution in [0.15, 0.2) is 41.6 Å². The van der Waals surface area contributed by atoms with E-state index in [0.717, 1.165) is 5.57 Å². The second kappa shape index (κ2) is 5.05. The van der Waals surface area contributed by atoms with Crippen molar-refractivity contribution in [1.29, 1.82) is 0 Å². The van der Waals surface area contributed by atoms with Gasteiger partial charge in [0.1, 0.15) is 12.4 Å². The van der Waals surface area contributed by atoms with E-state index >= 15 is 0 Å². The standard InChI is InChI=1S/C11H14N2O2/c1-8(2)7-15-10-5-3-4-9(6-10)11(12)13-14/h3-6,14H,1,7H2,2H3,(H2,12,13). The maximum absolute atomic E-state index is 8.51. The molecule has 0 heterocycles. The predicted molar refractivity (Wildman–Crippen MR) is 59.3 cm³/mol. The van der Waals surface area contributed by atoms with Crippen molar-refractivity contribution < 1.29 is 9.94 Å². The van der Waals surface area contributed by atoms with Crippen LogP contribution in [0.4, 0.5) is 0 Å². The molecule has 0 fully saturated rings. The van der Waals surface area contributed by atoms with E-state index in [1.165, 1.54) is 0 Å². The lowest BCUT2D eigenvalue weighted by molar-refractivity contribution is 0.318. The van der Waals surface area contributed by atoms with E-state index in [4.69, 9.17) is 15.7 Å². The van der Waals surface area contributed by atoms with Gasteiger partial charge in [-0.15, -0.1) is 0 Å². The van der Waals surface area contributed by atoms with E-state index in [2.05, 4.69) is 11.7 Å². The molecule has 4 nitrogen and oxygen atoms in total. The van der Waals surface area contributed by atoms with Crippen LogP contribution in [0.25, 0.3) is 0 Å². The first-order valence-electron chi connectivity index (χ1n) is 4.48. The summed E-state index contributed by atoms with van der Waals surface area (Å²) in [6.07, 6.45) is 0. The predicted octanol–water partition coefficient (Wildman–Crippen LogP) is 1.74. The fourth-order valence-corrected chi connectivity index (χ4v) is 1.01. The highest BCUT2D eigenvalue weighted by Crippen LogP contribution is 2.13. The van der Waals surface area contributed by atoms with E-state index < -0.39 is 0 Å². The Morgan fingerprint density at radius 3 is 2.93 bits per heavy atom. The minimum absolute atomic E-state index is 0.0655. The maximum Gasteiger partial charge on any atom is 0.170 e. The van der Waals surface area contributed by atoms with Gasteiger partial charge in [-0.1, -0.05) is 23.9 Å². The minimum Gasteiger partial charge on any atom is -0.489 e. The van der Waals surface area contributed by atoms with E-state index in [0.29, 0.717) is 17.9 Å². The number of nitrogens with zero attached hydrogens (tertiary/aromatic N) is 1. The Hall–Kier alpha value is -1.97. The molecule has 1 aromatic carbocycles. The largest absolute Gasteiger partial charge is 0.489 e. The highest BCUT2D eigenvalue weighted by molar-refractivity contribution is 5.97. The molecule has 4 heteroatoms. The van der Waals surface area contributed by atoms with Crippen LogP contribution in [-0.2, 0) is 0 Å². The quantitative estimate of drug-likeness (QED) is 0.259. The van der Waals surface area contributed by atoms with E-state index in [9.17, 15) is 0 Å². The molecule has 80 valence electrons. The van der Waals surface area contributed by atoms with Crippen LogP contribution in [0.3, 0.4) is 0 Å². The van der Waals surface area contributed by atoms with Gasteiger partial charge in [-0.25, -0.2) is 0 Å². The summed E-state index contributed by atoms with van der Waals surface area (Å²) >= 11 is 0. The van der Waals surface area contributed by atoms with Gasteiger partial charge in [0, 0.05) is 5.56 Å². The Kier molecular flexibility index (Phi) is 3.74. The molecular weight excluding hydrogens is 192 g/mol. The lowest BCUT2D eigenvalue weighted by Gasteiger charge is -2.06. The van der Waals surface area contributed by atoms with Crippen LogP contribution in [0.1, 0.15) is 12.5 Å². The van der Waals surface area contributed by atoms with Crippen LogP contribution in [0.5, 0.6) is 5.75 Å². The second-order valence-corrected chi connectivity index (χ2v) is 3.26. The number of hydrogen-bond acceptors (Lipinski definition) is 3. The van der Waals surface area contributed by atoms with Gasteiger partial charge >= 0.3 is 0 Å². The first-order chi connectivity index (χ1) is 7.13. The molecule has 1 rings (SSSR count). The zero-order valence-electron chi connectivity index (χ0n) is 8.60. The lowest BCUT2D eigenvalue weighted by Crippen LogP contribution is -2.13. The minimum atomic E-state index is 0.0655. The zero-order valence-corrected chi connectivity index (χ0v) is 8.60. The molecular formula is C11H14N2O2. The third-order valence-corrected chi connectivity index (χ3v) is 1.72.